The van der Waals surface area contributed by atoms with E-state index in [0.29, 0.717) is 18.4 Å². The molecule has 0 aliphatic heterocycles. The molecule has 0 bridgehead atoms. The summed E-state index contributed by atoms with van der Waals surface area (Å²) in [4.78, 5) is 12.5. The summed E-state index contributed by atoms with van der Waals surface area (Å²) in [7, 11) is 1.62. The van der Waals surface area contributed by atoms with Gasteiger partial charge in [0.25, 0.3) is 0 Å². The lowest BCUT2D eigenvalue weighted by atomic mass is 10.2. The highest BCUT2D eigenvalue weighted by Crippen LogP contribution is 2.17. The summed E-state index contributed by atoms with van der Waals surface area (Å²) < 4.78 is 26.3. The van der Waals surface area contributed by atoms with E-state index < -0.39 is 6.55 Å². The Kier molecular flexibility index (Phi) is 8.53. The zero-order valence-corrected chi connectivity index (χ0v) is 16.8. The minimum Gasteiger partial charge on any atom is -0.350 e. The molecular formula is C14H21F2IN6S. The van der Waals surface area contributed by atoms with Gasteiger partial charge in [-0.15, -0.1) is 35.3 Å². The maximum Gasteiger partial charge on any atom is 0.319 e. The molecule has 2 N–H and O–H groups in total. The number of aliphatic imine (C=N–C) groups is 1. The van der Waals surface area contributed by atoms with Gasteiger partial charge in [0.15, 0.2) is 5.96 Å². The summed E-state index contributed by atoms with van der Waals surface area (Å²) in [6.45, 7) is 2.27. The molecule has 2 aromatic rings. The third kappa shape index (κ3) is 5.65. The Morgan fingerprint density at radius 3 is 2.62 bits per heavy atom. The van der Waals surface area contributed by atoms with Crippen LogP contribution >= 0.6 is 35.3 Å². The number of imidazole rings is 1. The molecule has 0 spiro atoms. The molecule has 2 heterocycles. The molecule has 0 fully saturated rings. The summed E-state index contributed by atoms with van der Waals surface area (Å²) in [6.07, 6.45) is 2.60. The number of alkyl halides is 2. The minimum atomic E-state index is -2.60. The van der Waals surface area contributed by atoms with E-state index in [1.807, 2.05) is 5.38 Å². The van der Waals surface area contributed by atoms with Gasteiger partial charge in [0.1, 0.15) is 10.8 Å². The minimum absolute atomic E-state index is 0. The van der Waals surface area contributed by atoms with Crippen LogP contribution in [0.3, 0.4) is 0 Å². The molecule has 6 nitrogen and oxygen atoms in total. The molecular weight excluding hydrogens is 449 g/mol. The molecule has 0 radical (unpaired) electrons. The van der Waals surface area contributed by atoms with Crippen LogP contribution < -0.4 is 10.6 Å². The smallest absolute Gasteiger partial charge is 0.319 e. The van der Waals surface area contributed by atoms with Gasteiger partial charge < -0.3 is 10.6 Å². The Hall–Kier alpha value is -1.30. The van der Waals surface area contributed by atoms with Crippen LogP contribution in [0.25, 0.3) is 0 Å². The highest BCUT2D eigenvalue weighted by atomic mass is 127. The fourth-order valence-corrected chi connectivity index (χ4v) is 2.77. The normalized spacial score (nSPS) is 11.7. The van der Waals surface area contributed by atoms with Gasteiger partial charge in [-0.25, -0.2) is 9.97 Å². The summed E-state index contributed by atoms with van der Waals surface area (Å²) in [5.74, 6) is 1.15. The maximum atomic E-state index is 12.7. The number of nitrogens with zero attached hydrogens (tertiary/aromatic N) is 4. The fourth-order valence-electron chi connectivity index (χ4n) is 1.87. The van der Waals surface area contributed by atoms with Crippen molar-refractivity contribution in [1.82, 2.24) is 25.2 Å². The average Bonchev–Trinajstić information content (AvgIpc) is 3.16. The number of nitrogens with one attached hydrogen (secondary N) is 2. The van der Waals surface area contributed by atoms with Gasteiger partial charge in [-0.1, -0.05) is 13.8 Å². The quantitative estimate of drug-likeness (QED) is 0.386. The van der Waals surface area contributed by atoms with E-state index in [1.54, 1.807) is 18.4 Å². The summed E-state index contributed by atoms with van der Waals surface area (Å²) in [5, 5.41) is 9.07. The van der Waals surface area contributed by atoms with E-state index in [2.05, 4.69) is 39.4 Å². The predicted octanol–water partition coefficient (Wildman–Crippen LogP) is 3.34. The highest BCUT2D eigenvalue weighted by molar-refractivity contribution is 14.0. The molecule has 0 aromatic carbocycles. The Morgan fingerprint density at radius 1 is 1.33 bits per heavy atom. The highest BCUT2D eigenvalue weighted by Gasteiger charge is 2.12. The van der Waals surface area contributed by atoms with Crippen LogP contribution in [-0.2, 0) is 13.1 Å². The van der Waals surface area contributed by atoms with Gasteiger partial charge in [0.2, 0.25) is 0 Å². The maximum absolute atomic E-state index is 12.7. The molecule has 2 aromatic heterocycles. The third-order valence-corrected chi connectivity index (χ3v) is 4.03. The van der Waals surface area contributed by atoms with E-state index in [1.165, 1.54) is 12.4 Å². The zero-order chi connectivity index (χ0) is 16.8. The van der Waals surface area contributed by atoms with Crippen LogP contribution in [0.5, 0.6) is 0 Å². The number of thiazole rings is 1. The molecule has 0 aliphatic carbocycles. The van der Waals surface area contributed by atoms with Crippen LogP contribution in [-0.4, -0.2) is 27.5 Å². The van der Waals surface area contributed by atoms with Crippen molar-refractivity contribution in [2.24, 2.45) is 4.99 Å². The van der Waals surface area contributed by atoms with Crippen molar-refractivity contribution in [3.8, 4) is 0 Å². The van der Waals surface area contributed by atoms with Crippen molar-refractivity contribution in [2.45, 2.75) is 39.4 Å². The SMILES string of the molecule is CN=C(NCc1nc(C(C)C)cs1)NCc1nccn1C(F)F.I. The van der Waals surface area contributed by atoms with Gasteiger partial charge in [-0.2, -0.15) is 8.78 Å². The molecule has 0 atom stereocenters. The lowest BCUT2D eigenvalue weighted by Gasteiger charge is -2.11. The van der Waals surface area contributed by atoms with Crippen molar-refractivity contribution in [1.29, 1.82) is 0 Å². The standard InChI is InChI=1S/C14H20F2N6S.HI/c1-9(2)10-8-23-12(21-10)7-20-14(17-3)19-6-11-18-4-5-22(11)13(15)16;/h4-5,8-9,13H,6-7H2,1-3H3,(H2,17,19,20);1H. The molecule has 0 unspecified atom stereocenters. The first-order chi connectivity index (χ1) is 11.0. The van der Waals surface area contributed by atoms with Gasteiger partial charge in [-0.3, -0.25) is 9.56 Å². The second-order valence-corrected chi connectivity index (χ2v) is 6.07. The number of hydrogen-bond acceptors (Lipinski definition) is 4. The van der Waals surface area contributed by atoms with Crippen LogP contribution in [0.2, 0.25) is 0 Å². The summed E-state index contributed by atoms with van der Waals surface area (Å²) in [6, 6.07) is 0. The number of hydrogen-bond donors (Lipinski definition) is 2. The third-order valence-electron chi connectivity index (χ3n) is 3.16. The first-order valence-electron chi connectivity index (χ1n) is 7.20. The van der Waals surface area contributed by atoms with E-state index in [4.69, 9.17) is 0 Å². The first-order valence-corrected chi connectivity index (χ1v) is 8.08. The van der Waals surface area contributed by atoms with Crippen LogP contribution in [0.4, 0.5) is 8.78 Å². The lowest BCUT2D eigenvalue weighted by molar-refractivity contribution is 0.0668. The van der Waals surface area contributed by atoms with Crippen molar-refractivity contribution < 1.29 is 8.78 Å². The lowest BCUT2D eigenvalue weighted by Crippen LogP contribution is -2.37. The monoisotopic (exact) mass is 470 g/mol. The predicted molar refractivity (Wildman–Crippen MR) is 102 cm³/mol. The number of guanidine groups is 1. The van der Waals surface area contributed by atoms with Gasteiger partial charge >= 0.3 is 6.55 Å². The van der Waals surface area contributed by atoms with Gasteiger partial charge in [0.05, 0.1) is 18.8 Å². The summed E-state index contributed by atoms with van der Waals surface area (Å²) >= 11 is 1.58. The van der Waals surface area contributed by atoms with Crippen molar-refractivity contribution in [3.63, 3.8) is 0 Å². The second kappa shape index (κ2) is 9.87. The van der Waals surface area contributed by atoms with E-state index >= 15 is 0 Å². The second-order valence-electron chi connectivity index (χ2n) is 5.13. The van der Waals surface area contributed by atoms with Gasteiger partial charge in [-0.05, 0) is 5.92 Å². The molecule has 0 aliphatic rings. The molecule has 10 heteroatoms. The Balaban J connectivity index is 0.00000288. The molecule has 134 valence electrons. The van der Waals surface area contributed by atoms with Gasteiger partial charge in [0, 0.05) is 24.8 Å². The van der Waals surface area contributed by atoms with Crippen LogP contribution in [0.1, 0.15) is 42.8 Å². The van der Waals surface area contributed by atoms with E-state index in [9.17, 15) is 8.78 Å². The number of rotatable bonds is 6. The Labute approximate surface area is 160 Å². The molecule has 0 saturated carbocycles. The molecule has 0 amide bonds. The van der Waals surface area contributed by atoms with Crippen molar-refractivity contribution in [2.75, 3.05) is 7.05 Å². The zero-order valence-electron chi connectivity index (χ0n) is 13.7. The Bertz CT molecular complexity index is 655. The van der Waals surface area contributed by atoms with E-state index in [-0.39, 0.29) is 36.3 Å². The van der Waals surface area contributed by atoms with Crippen molar-refractivity contribution in [3.05, 3.63) is 34.3 Å². The topological polar surface area (TPSA) is 67.1 Å². The molecule has 2 rings (SSSR count). The van der Waals surface area contributed by atoms with E-state index in [0.717, 1.165) is 15.3 Å². The first kappa shape index (κ1) is 20.7. The largest absolute Gasteiger partial charge is 0.350 e. The van der Waals surface area contributed by atoms with Crippen LogP contribution in [0, 0.1) is 0 Å². The number of halogens is 3. The molecule has 24 heavy (non-hydrogen) atoms. The summed E-state index contributed by atoms with van der Waals surface area (Å²) in [5.41, 5.74) is 1.06. The Morgan fingerprint density at radius 2 is 2.04 bits per heavy atom. The molecule has 0 saturated heterocycles. The van der Waals surface area contributed by atoms with Crippen LogP contribution in [0.15, 0.2) is 22.8 Å². The fraction of sp³-hybridized carbons (Fsp3) is 0.500. The van der Waals surface area contributed by atoms with Crippen molar-refractivity contribution >= 4 is 41.3 Å². The average molecular weight is 470 g/mol. The number of aromatic nitrogens is 3.